The van der Waals surface area contributed by atoms with E-state index in [4.69, 9.17) is 9.47 Å². The van der Waals surface area contributed by atoms with Gasteiger partial charge in [-0.15, -0.1) is 0 Å². The highest BCUT2D eigenvalue weighted by atomic mass is 16.5. The van der Waals surface area contributed by atoms with Crippen LogP contribution in [0.1, 0.15) is 48.4 Å². The van der Waals surface area contributed by atoms with Gasteiger partial charge in [0.15, 0.2) is 0 Å². The van der Waals surface area contributed by atoms with Crippen molar-refractivity contribution < 1.29 is 28.7 Å². The van der Waals surface area contributed by atoms with Crippen molar-refractivity contribution in [2.24, 2.45) is 0 Å². The first-order chi connectivity index (χ1) is 23.0. The van der Waals surface area contributed by atoms with Crippen LogP contribution in [0.4, 0.5) is 0 Å². The van der Waals surface area contributed by atoms with Crippen LogP contribution in [0.3, 0.4) is 0 Å². The molecule has 0 saturated heterocycles. The van der Waals surface area contributed by atoms with Gasteiger partial charge >= 0.3 is 11.9 Å². The zero-order chi connectivity index (χ0) is 34.3. The number of benzene rings is 2. The maximum Gasteiger partial charge on any atom is 0.328 e. The second-order valence-corrected chi connectivity index (χ2v) is 13.0. The van der Waals surface area contributed by atoms with E-state index in [0.29, 0.717) is 25.9 Å². The number of para-hydroxylation sites is 2. The number of methoxy groups -OCH3 is 2. The summed E-state index contributed by atoms with van der Waals surface area (Å²) in [5.41, 5.74) is 5.89. The number of hydrogen-bond donors (Lipinski definition) is 2. The van der Waals surface area contributed by atoms with Gasteiger partial charge in [-0.3, -0.25) is 19.4 Å². The van der Waals surface area contributed by atoms with Gasteiger partial charge < -0.3 is 29.2 Å². The number of amides is 2. The molecule has 48 heavy (non-hydrogen) atoms. The predicted molar refractivity (Wildman–Crippen MR) is 181 cm³/mol. The molecule has 0 fully saturated rings. The average molecular weight is 657 g/mol. The molecule has 2 aromatic carbocycles. The molecule has 0 saturated carbocycles. The van der Waals surface area contributed by atoms with E-state index in [0.717, 1.165) is 44.3 Å². The number of hydrogen-bond acceptors (Lipinski definition) is 8. The largest absolute Gasteiger partial charge is 0.467 e. The minimum absolute atomic E-state index is 0.0892. The smallest absolute Gasteiger partial charge is 0.328 e. The van der Waals surface area contributed by atoms with E-state index in [1.165, 1.54) is 14.2 Å². The lowest BCUT2D eigenvalue weighted by atomic mass is 9.92. The van der Waals surface area contributed by atoms with Gasteiger partial charge in [-0.05, 0) is 51.2 Å². The number of nitrogens with zero attached hydrogens (tertiary/aromatic N) is 4. The number of nitrogens with one attached hydrogen (secondary N) is 2. The average Bonchev–Trinajstić information content (AvgIpc) is 3.65. The highest BCUT2D eigenvalue weighted by Crippen LogP contribution is 2.39. The van der Waals surface area contributed by atoms with Gasteiger partial charge in [0.05, 0.1) is 39.4 Å². The zero-order valence-electron chi connectivity index (χ0n) is 28.4. The van der Waals surface area contributed by atoms with E-state index in [-0.39, 0.29) is 37.0 Å². The third-order valence-corrected chi connectivity index (χ3v) is 10.0. The second-order valence-electron chi connectivity index (χ2n) is 13.0. The maximum atomic E-state index is 13.8. The molecule has 4 unspecified atom stereocenters. The van der Waals surface area contributed by atoms with E-state index in [1.54, 1.807) is 9.80 Å². The minimum Gasteiger partial charge on any atom is -0.467 e. The van der Waals surface area contributed by atoms with E-state index < -0.39 is 24.0 Å². The Kier molecular flexibility index (Phi) is 9.30. The van der Waals surface area contributed by atoms with Crippen LogP contribution >= 0.6 is 0 Å². The number of ether oxygens (including phenoxy) is 2. The number of fused-ring (bicyclic) bond motifs is 6. The van der Waals surface area contributed by atoms with E-state index >= 15 is 0 Å². The fourth-order valence-corrected chi connectivity index (χ4v) is 7.57. The third kappa shape index (κ3) is 5.94. The van der Waals surface area contributed by atoms with Crippen LogP contribution in [0.15, 0.2) is 48.5 Å². The van der Waals surface area contributed by atoms with Gasteiger partial charge in [0.25, 0.3) is 0 Å². The van der Waals surface area contributed by atoms with E-state index in [9.17, 15) is 19.2 Å². The Morgan fingerprint density at radius 3 is 1.44 bits per heavy atom. The number of carbonyl (C=O) groups excluding carboxylic acids is 4. The molecule has 4 aromatic rings. The van der Waals surface area contributed by atoms with Crippen molar-refractivity contribution in [1.29, 1.82) is 0 Å². The molecule has 2 aromatic heterocycles. The Bertz CT molecular complexity index is 1730. The highest BCUT2D eigenvalue weighted by Gasteiger charge is 2.43. The van der Waals surface area contributed by atoms with Crippen molar-refractivity contribution in [3.05, 3.63) is 71.0 Å². The topological polar surface area (TPSA) is 131 Å². The van der Waals surface area contributed by atoms with Crippen molar-refractivity contribution >= 4 is 45.6 Å². The highest BCUT2D eigenvalue weighted by molar-refractivity contribution is 5.92. The molecule has 2 aliphatic heterocycles. The Morgan fingerprint density at radius 1 is 0.688 bits per heavy atom. The summed E-state index contributed by atoms with van der Waals surface area (Å²) in [4.78, 5) is 67.4. The summed E-state index contributed by atoms with van der Waals surface area (Å²) in [7, 11) is 6.39. The number of H-pyrrole nitrogens is 2. The van der Waals surface area contributed by atoms with Gasteiger partial charge in [0, 0.05) is 59.1 Å². The molecular weight excluding hydrogens is 612 g/mol. The van der Waals surface area contributed by atoms with Gasteiger partial charge in [-0.1, -0.05) is 36.4 Å². The van der Waals surface area contributed by atoms with Crippen LogP contribution in [0, 0.1) is 0 Å². The van der Waals surface area contributed by atoms with Crippen LogP contribution in [-0.4, -0.2) is 120 Å². The molecule has 254 valence electrons. The normalized spacial score (nSPS) is 20.7. The number of aromatic amines is 2. The quantitative estimate of drug-likeness (QED) is 0.263. The Labute approximate surface area is 279 Å². The minimum atomic E-state index is -0.732. The van der Waals surface area contributed by atoms with Crippen molar-refractivity contribution in [3.63, 3.8) is 0 Å². The molecule has 2 amide bonds. The molecular formula is C36H44N6O6. The number of carbonyl (C=O) groups is 4. The molecule has 4 atom stereocenters. The molecule has 0 spiro atoms. The van der Waals surface area contributed by atoms with Gasteiger partial charge in [-0.2, -0.15) is 0 Å². The van der Waals surface area contributed by atoms with Crippen LogP contribution < -0.4 is 0 Å². The SMILES string of the molecule is COC(=O)C1Cc2c([nH]c3ccccc23)C(C)N1C(=O)CN(C)CCN(C)CC(=O)N1C(C(=O)OC)Cc2c([nH]c3ccccc23)C1C. The van der Waals surface area contributed by atoms with Crippen molar-refractivity contribution in [2.45, 2.75) is 50.9 Å². The molecule has 0 aliphatic carbocycles. The summed E-state index contributed by atoms with van der Waals surface area (Å²) < 4.78 is 10.3. The number of esters is 2. The number of aromatic nitrogens is 2. The van der Waals surface area contributed by atoms with Crippen LogP contribution in [0.5, 0.6) is 0 Å². The van der Waals surface area contributed by atoms with Crippen molar-refractivity contribution in [3.8, 4) is 0 Å². The van der Waals surface area contributed by atoms with Crippen LogP contribution in [0.25, 0.3) is 21.8 Å². The van der Waals surface area contributed by atoms with Crippen molar-refractivity contribution in [2.75, 3.05) is 54.5 Å². The first-order valence-electron chi connectivity index (χ1n) is 16.4. The Hall–Kier alpha value is -4.68. The Balaban J connectivity index is 1.10. The molecule has 2 N–H and O–H groups in total. The van der Waals surface area contributed by atoms with E-state index in [1.807, 2.05) is 86.3 Å². The first-order valence-corrected chi connectivity index (χ1v) is 16.4. The van der Waals surface area contributed by atoms with Gasteiger partial charge in [0.1, 0.15) is 12.1 Å². The standard InChI is InChI=1S/C36H44N6O6/c1-21-33-25(23-11-7-9-13-27(23)37-33)17-29(35(45)47-5)41(21)31(43)19-39(3)15-16-40(4)20-32(44)42-22(2)34-26(18-30(42)36(46)48-6)24-12-8-10-14-28(24)38-34/h7-14,21-22,29-30,37-38H,15-20H2,1-6H3. The lowest BCUT2D eigenvalue weighted by Gasteiger charge is -2.40. The van der Waals surface area contributed by atoms with E-state index in [2.05, 4.69) is 9.97 Å². The second kappa shape index (κ2) is 13.4. The fourth-order valence-electron chi connectivity index (χ4n) is 7.57. The summed E-state index contributed by atoms with van der Waals surface area (Å²) in [5, 5.41) is 2.10. The molecule has 4 heterocycles. The fraction of sp³-hybridized carbons (Fsp3) is 0.444. The molecule has 0 bridgehead atoms. The monoisotopic (exact) mass is 656 g/mol. The summed E-state index contributed by atoms with van der Waals surface area (Å²) in [6.07, 6.45) is 0.746. The van der Waals surface area contributed by atoms with Crippen LogP contribution in [-0.2, 0) is 41.5 Å². The number of likely N-dealkylation sites (N-methyl/N-ethyl adjacent to an activating group) is 2. The van der Waals surface area contributed by atoms with Crippen molar-refractivity contribution in [1.82, 2.24) is 29.6 Å². The lowest BCUT2D eigenvalue weighted by molar-refractivity contribution is -0.156. The molecule has 0 radical (unpaired) electrons. The van der Waals surface area contributed by atoms with Crippen LogP contribution in [0.2, 0.25) is 0 Å². The predicted octanol–water partition coefficient (Wildman–Crippen LogP) is 3.19. The number of rotatable bonds is 9. The summed E-state index contributed by atoms with van der Waals surface area (Å²) in [5.74, 6) is -1.24. The zero-order valence-corrected chi connectivity index (χ0v) is 28.4. The van der Waals surface area contributed by atoms with Gasteiger partial charge in [-0.25, -0.2) is 9.59 Å². The third-order valence-electron chi connectivity index (χ3n) is 10.0. The first kappa shape index (κ1) is 33.2. The molecule has 6 rings (SSSR count). The lowest BCUT2D eigenvalue weighted by Crippen LogP contribution is -2.54. The summed E-state index contributed by atoms with van der Waals surface area (Å²) in [6, 6.07) is 13.7. The maximum absolute atomic E-state index is 13.8. The molecule has 12 nitrogen and oxygen atoms in total. The summed E-state index contributed by atoms with van der Waals surface area (Å²) in [6.45, 7) is 5.05. The summed E-state index contributed by atoms with van der Waals surface area (Å²) >= 11 is 0. The van der Waals surface area contributed by atoms with Gasteiger partial charge in [0.2, 0.25) is 11.8 Å². The molecule has 2 aliphatic rings. The molecule has 12 heteroatoms. The Morgan fingerprint density at radius 2 is 1.06 bits per heavy atom.